The molecule has 0 fully saturated rings. The summed E-state index contributed by atoms with van der Waals surface area (Å²) in [5, 5.41) is 0. The van der Waals surface area contributed by atoms with Gasteiger partial charge in [-0.15, -0.1) is 99.3 Å². The predicted octanol–water partition coefficient (Wildman–Crippen LogP) is 6.59. The van der Waals surface area contributed by atoms with Gasteiger partial charge in [-0.1, -0.05) is 7.43 Å². The van der Waals surface area contributed by atoms with E-state index in [0.29, 0.717) is 26.4 Å². The fraction of sp³-hybridized carbons (Fsp3) is 1.00. The van der Waals surface area contributed by atoms with Crippen LogP contribution in [0.5, 0.6) is 0 Å². The molecule has 0 aromatic rings. The van der Waals surface area contributed by atoms with Crippen LogP contribution in [0.2, 0.25) is 13.1 Å². The summed E-state index contributed by atoms with van der Waals surface area (Å²) in [4.78, 5) is 29.3. The molecule has 0 heterocycles. The normalized spacial score (nSPS) is 7.49. The van der Waals surface area contributed by atoms with Crippen molar-refractivity contribution in [3.05, 3.63) is 0 Å². The van der Waals surface area contributed by atoms with Crippen molar-refractivity contribution in [1.29, 1.82) is 0 Å². The quantitative estimate of drug-likeness (QED) is 0.0643. The van der Waals surface area contributed by atoms with Crippen LogP contribution in [0.4, 0.5) is 0 Å². The van der Waals surface area contributed by atoms with Crippen molar-refractivity contribution in [2.24, 2.45) is 0 Å². The molecule has 0 saturated heterocycles. The van der Waals surface area contributed by atoms with E-state index in [0.717, 1.165) is 0 Å². The number of hydrogen-bond donors (Lipinski definition) is 20. The van der Waals surface area contributed by atoms with Crippen molar-refractivity contribution in [2.75, 3.05) is 69.1 Å². The van der Waals surface area contributed by atoms with E-state index < -0.39 is 67.1 Å². The van der Waals surface area contributed by atoms with Crippen LogP contribution in [-0.2, 0) is 88.0 Å². The predicted molar refractivity (Wildman–Crippen MR) is 354 cm³/mol. The van der Waals surface area contributed by atoms with Crippen molar-refractivity contribution < 1.29 is 140 Å². The number of rotatable bonds is 18. The van der Waals surface area contributed by atoms with Crippen LogP contribution >= 0.6 is 180 Å². The molecule has 0 atom stereocenters. The molecule has 0 aliphatic rings. The summed E-state index contributed by atoms with van der Waals surface area (Å²) in [5.41, 5.74) is 0. The molecule has 0 aliphatic carbocycles. The van der Waals surface area contributed by atoms with Crippen LogP contribution in [0.1, 0.15) is 35.1 Å². The van der Waals surface area contributed by atoms with Crippen LogP contribution in [-0.4, -0.2) is 166 Å². The molecule has 64 N–H and O–H groups in total. The number of halogens is 16. The summed E-state index contributed by atoms with van der Waals surface area (Å²) in [5.74, 6) is 0. The molecule has 0 radical (unpaired) electrons. The molecule has 0 saturated carbocycles. The van der Waals surface area contributed by atoms with Gasteiger partial charge in [0.2, 0.25) is 0 Å². The summed E-state index contributed by atoms with van der Waals surface area (Å²) >= 11 is -2.47. The van der Waals surface area contributed by atoms with E-state index in [1.807, 2.05) is 27.7 Å². The van der Waals surface area contributed by atoms with Crippen LogP contribution in [0.25, 0.3) is 0 Å². The van der Waals surface area contributed by atoms with Gasteiger partial charge in [-0.2, -0.15) is 0 Å². The fourth-order valence-corrected chi connectivity index (χ4v) is 11.3. The first-order valence-corrected chi connectivity index (χ1v) is 33.9. The Morgan fingerprint density at radius 2 is 0.443 bits per heavy atom. The van der Waals surface area contributed by atoms with Gasteiger partial charge >= 0.3 is 161 Å². The fourth-order valence-electron chi connectivity index (χ4n) is 2.02. The molecule has 0 aromatic heterocycles. The van der Waals surface area contributed by atoms with Gasteiger partial charge in [0.1, 0.15) is 0 Å². The zero-order valence-corrected chi connectivity index (χ0v) is 66.6. The second kappa shape index (κ2) is 166. The Bertz CT molecular complexity index is 691. The van der Waals surface area contributed by atoms with Crippen molar-refractivity contribution in [2.45, 2.75) is 48.2 Å². The summed E-state index contributed by atoms with van der Waals surface area (Å²) in [6.45, 7) is 13.2. The van der Waals surface area contributed by atoms with Crippen LogP contribution < -0.4 is 98.4 Å². The van der Waals surface area contributed by atoms with E-state index in [2.05, 4.69) is 0 Å². The van der Waals surface area contributed by atoms with E-state index >= 15 is 0 Å². The minimum atomic E-state index is -4.61. The molecule has 0 spiro atoms. The maximum atomic E-state index is 7.33. The topological polar surface area (TPSA) is 941 Å². The van der Waals surface area contributed by atoms with Crippen molar-refractivity contribution >= 4 is 225 Å². The van der Waals surface area contributed by atoms with E-state index in [1.54, 1.807) is 13.1 Å². The Morgan fingerprint density at radius 3 is 0.506 bits per heavy atom. The van der Waals surface area contributed by atoms with Crippen LogP contribution in [0.3, 0.4) is 0 Å². The first-order chi connectivity index (χ1) is 21.9. The molecular formula is C17H120Cl16Fe3N16O22Si5. The molecule has 0 rings (SSSR count). The zero-order valence-electron chi connectivity index (χ0n) is 45.7. The molecule has 0 unspecified atom stereocenters. The Hall–Kier alpha value is 5.76. The monoisotopic (exact) mass is 1770 g/mol. The molecule has 62 heteroatoms. The van der Waals surface area contributed by atoms with Gasteiger partial charge < -0.3 is 203 Å². The Labute approximate surface area is 574 Å². The SMILES string of the molecule is C.CCO[Si](OCC)(OCC)OCC.CO[Si](C)(OC)O[Si](OC)(OC)O[Si](C)(OC)OC.Cl.Cl.Cl.Cl.Cl.Cl.Cl.Cl.N.N.N.N.N.N.N.N.N.N.N.N.N.N.N.N.O.O.O.O.O.O.O[Si](O)(O)O.[Cl][Fe]([Cl])[Cl].[Cl][Fe]([Cl])[Cl].[Cl][Fe][Cl]. The van der Waals surface area contributed by atoms with Crippen molar-refractivity contribution in [3.63, 3.8) is 0 Å². The molecule has 79 heavy (non-hydrogen) atoms. The summed E-state index contributed by atoms with van der Waals surface area (Å²) in [6, 6.07) is 0. The molecule has 0 amide bonds. The Morgan fingerprint density at radius 1 is 0.342 bits per heavy atom. The van der Waals surface area contributed by atoms with E-state index in [1.165, 1.54) is 42.7 Å². The summed E-state index contributed by atoms with van der Waals surface area (Å²) in [7, 11) is 31.0. The third kappa shape index (κ3) is 209. The standard InChI is InChI=1S/C8H24O8Si3.C8H20O4Si.CH4.16ClH.3Fe.16H3N.H4O4Si.6H2O/c1-9-17(7,10-2)15-19(13-5,14-6)16-18(8,11-3)12-4;1-5-9-13(10-6-2,11-7-3)12-8-4;;;;;;;;;;;;;;;;;;;;;;;;;;;;;;;;;;;;;1-5(2,3)4;;;;;;/h1-8H3;5-8H2,1-4H3;1H4;16*1H;;;;16*1H3;1-4H;6*1H2/q;;;;;;;;;;;;;;;;;;;+2;2*+3;;;;;;;;;;;;;;;;;;;;;;;/p-8. The van der Waals surface area contributed by atoms with Crippen LogP contribution in [0, 0.1) is 0 Å². The maximum absolute atomic E-state index is 7.33. The molecule has 38 nitrogen and oxygen atoms in total. The van der Waals surface area contributed by atoms with Crippen molar-refractivity contribution in [3.8, 4) is 0 Å². The average Bonchev–Trinajstić information content (AvgIpc) is 2.96. The molecule has 0 bridgehead atoms. The average molecular weight is 1780 g/mol. The first-order valence-electron chi connectivity index (χ1n) is 12.3. The van der Waals surface area contributed by atoms with Gasteiger partial charge in [0, 0.05) is 82.2 Å². The Kier molecular flexibility index (Phi) is 548. The van der Waals surface area contributed by atoms with Gasteiger partial charge in [0.25, 0.3) is 0 Å². The zero-order chi connectivity index (χ0) is 39.7. The Balaban J connectivity index is -0.00000000771. The molecule has 0 aliphatic heterocycles. The van der Waals surface area contributed by atoms with Crippen molar-refractivity contribution in [1.82, 2.24) is 98.4 Å². The van der Waals surface area contributed by atoms with Gasteiger partial charge in [-0.25, -0.2) is 0 Å². The second-order valence-corrected chi connectivity index (χ2v) is 31.5. The van der Waals surface area contributed by atoms with Gasteiger partial charge in [-0.05, 0) is 27.7 Å². The first kappa shape index (κ1) is 261. The molecule has 556 valence electrons. The molecule has 0 aromatic carbocycles. The van der Waals surface area contributed by atoms with Gasteiger partial charge in [-0.3, -0.25) is 0 Å². The van der Waals surface area contributed by atoms with Crippen LogP contribution in [0.15, 0.2) is 0 Å². The molecular weight excluding hydrogens is 1660 g/mol. The van der Waals surface area contributed by atoms with Gasteiger partial charge in [0.15, 0.2) is 0 Å². The second-order valence-electron chi connectivity index (χ2n) is 6.84. The van der Waals surface area contributed by atoms with E-state index in [4.69, 9.17) is 152 Å². The summed E-state index contributed by atoms with van der Waals surface area (Å²) in [6.07, 6.45) is 0. The van der Waals surface area contributed by atoms with E-state index in [9.17, 15) is 0 Å². The minimum absolute atomic E-state index is 0. The summed E-state index contributed by atoms with van der Waals surface area (Å²) < 4.78 is 64.8. The third-order valence-electron chi connectivity index (χ3n) is 3.89. The number of hydrogen-bond acceptors (Lipinski definition) is 32. The third-order valence-corrected chi connectivity index (χ3v) is 15.4. The van der Waals surface area contributed by atoms with Gasteiger partial charge in [0.05, 0.1) is 0 Å². The van der Waals surface area contributed by atoms with E-state index in [-0.39, 0.29) is 251 Å².